The van der Waals surface area contributed by atoms with Crippen LogP contribution in [0.5, 0.6) is 11.5 Å². The van der Waals surface area contributed by atoms with E-state index >= 15 is 0 Å². The normalized spacial score (nSPS) is 24.8. The molecule has 1 heterocycles. The highest BCUT2D eigenvalue weighted by atomic mass is 35.5. The number of imide groups is 1. The second kappa shape index (κ2) is 9.11. The number of hydrogen-bond donors (Lipinski definition) is 0. The third kappa shape index (κ3) is 3.92. The molecule has 5 rings (SSSR count). The second-order valence-electron chi connectivity index (χ2n) is 8.85. The predicted molar refractivity (Wildman–Crippen MR) is 130 cm³/mol. The summed E-state index contributed by atoms with van der Waals surface area (Å²) in [5.74, 6) is 0.510. The third-order valence-electron chi connectivity index (χ3n) is 6.80. The van der Waals surface area contributed by atoms with E-state index in [2.05, 4.69) is 23.8 Å². The van der Waals surface area contributed by atoms with Crippen LogP contribution in [0, 0.1) is 23.7 Å². The highest BCUT2D eigenvalue weighted by Crippen LogP contribution is 2.52. The van der Waals surface area contributed by atoms with Crippen LogP contribution in [0.4, 0.5) is 0 Å². The van der Waals surface area contributed by atoms with Gasteiger partial charge in [-0.05, 0) is 60.1 Å². The summed E-state index contributed by atoms with van der Waals surface area (Å²) in [4.78, 5) is 25.8. The molecule has 6 nitrogen and oxygen atoms in total. The fourth-order valence-corrected chi connectivity index (χ4v) is 5.37. The van der Waals surface area contributed by atoms with Crippen LogP contribution in [0.1, 0.15) is 23.1 Å². The van der Waals surface area contributed by atoms with Crippen LogP contribution in [-0.2, 0) is 22.6 Å². The number of ether oxygens (including phenoxy) is 2. The van der Waals surface area contributed by atoms with E-state index in [-0.39, 0.29) is 35.5 Å². The number of hydrazone groups is 1. The fourth-order valence-electron chi connectivity index (χ4n) is 5.24. The summed E-state index contributed by atoms with van der Waals surface area (Å²) < 4.78 is 11.7. The minimum atomic E-state index is -0.269. The van der Waals surface area contributed by atoms with E-state index < -0.39 is 0 Å². The van der Waals surface area contributed by atoms with Gasteiger partial charge >= 0.3 is 0 Å². The first-order chi connectivity index (χ1) is 16.5. The number of benzene rings is 2. The number of methoxy groups -OCH3 is 1. The Morgan fingerprint density at radius 1 is 1.12 bits per heavy atom. The summed E-state index contributed by atoms with van der Waals surface area (Å²) in [5, 5.41) is 6.00. The van der Waals surface area contributed by atoms with Crippen molar-refractivity contribution in [2.45, 2.75) is 19.4 Å². The molecule has 2 fully saturated rings. The number of carbonyl (C=O) groups excluding carboxylic acids is 2. The first kappa shape index (κ1) is 22.4. The molecule has 0 spiro atoms. The van der Waals surface area contributed by atoms with Gasteiger partial charge in [0.05, 0.1) is 25.2 Å². The van der Waals surface area contributed by atoms with E-state index in [0.29, 0.717) is 35.1 Å². The number of fused-ring (bicyclic) bond motifs is 5. The summed E-state index contributed by atoms with van der Waals surface area (Å²) >= 11 is 5.97. The number of rotatable bonds is 8. The van der Waals surface area contributed by atoms with Gasteiger partial charge in [0, 0.05) is 10.6 Å². The van der Waals surface area contributed by atoms with Crippen LogP contribution in [0.2, 0.25) is 5.02 Å². The summed E-state index contributed by atoms with van der Waals surface area (Å²) in [7, 11) is 1.57. The molecule has 1 saturated heterocycles. The molecule has 0 aromatic heterocycles. The predicted octanol–water partition coefficient (Wildman–Crippen LogP) is 4.80. The standard InChI is InChI=1S/C27H25ClN2O4/c1-3-4-20-11-17(12-22(33-2)25(20)34-15-16-5-9-21(28)10-6-16)14-29-30-26(31)23-18-7-8-19(13-18)24(23)27(30)32/h3,5-12,14,18-19,23-24H,1,4,13,15H2,2H3. The lowest BCUT2D eigenvalue weighted by molar-refractivity contribution is -0.140. The number of carbonyl (C=O) groups is 2. The Morgan fingerprint density at radius 2 is 1.79 bits per heavy atom. The average molecular weight is 477 g/mol. The van der Waals surface area contributed by atoms with Crippen molar-refractivity contribution in [3.63, 3.8) is 0 Å². The molecule has 0 radical (unpaired) electrons. The van der Waals surface area contributed by atoms with Gasteiger partial charge in [0.2, 0.25) is 0 Å². The summed E-state index contributed by atoms with van der Waals surface area (Å²) in [6.45, 7) is 4.19. The molecule has 4 atom stereocenters. The quantitative estimate of drug-likeness (QED) is 0.312. The Balaban J connectivity index is 1.38. The van der Waals surface area contributed by atoms with E-state index in [0.717, 1.165) is 22.6 Å². The zero-order valence-corrected chi connectivity index (χ0v) is 19.6. The van der Waals surface area contributed by atoms with E-state index in [1.165, 1.54) is 6.21 Å². The molecule has 1 aliphatic heterocycles. The molecule has 2 bridgehead atoms. The highest BCUT2D eigenvalue weighted by Gasteiger charge is 2.59. The minimum absolute atomic E-state index is 0.156. The van der Waals surface area contributed by atoms with E-state index in [1.807, 2.05) is 30.3 Å². The van der Waals surface area contributed by atoms with Crippen molar-refractivity contribution >= 4 is 29.6 Å². The van der Waals surface area contributed by atoms with Gasteiger partial charge < -0.3 is 9.47 Å². The van der Waals surface area contributed by atoms with Crippen molar-refractivity contribution in [3.8, 4) is 11.5 Å². The number of halogens is 1. The summed E-state index contributed by atoms with van der Waals surface area (Å²) in [6.07, 6.45) is 8.89. The number of nitrogens with zero attached hydrogens (tertiary/aromatic N) is 2. The molecular formula is C27H25ClN2O4. The van der Waals surface area contributed by atoms with E-state index in [9.17, 15) is 9.59 Å². The molecule has 2 aromatic carbocycles. The van der Waals surface area contributed by atoms with Gasteiger partial charge in [0.15, 0.2) is 11.5 Å². The van der Waals surface area contributed by atoms with Gasteiger partial charge in [-0.2, -0.15) is 10.1 Å². The van der Waals surface area contributed by atoms with Crippen molar-refractivity contribution in [3.05, 3.63) is 82.9 Å². The third-order valence-corrected chi connectivity index (χ3v) is 7.06. The molecule has 2 aliphatic carbocycles. The summed E-state index contributed by atoms with van der Waals surface area (Å²) in [6, 6.07) is 11.1. The maximum atomic E-state index is 12.9. The van der Waals surface area contributed by atoms with Crippen molar-refractivity contribution in [1.29, 1.82) is 0 Å². The molecule has 0 N–H and O–H groups in total. The lowest BCUT2D eigenvalue weighted by Crippen LogP contribution is -2.28. The molecule has 3 aliphatic rings. The number of hydrogen-bond acceptors (Lipinski definition) is 5. The number of allylic oxidation sites excluding steroid dienone is 3. The summed E-state index contributed by atoms with van der Waals surface area (Å²) in [5.41, 5.74) is 2.54. The Labute approximate surface area is 203 Å². The van der Waals surface area contributed by atoms with Gasteiger partial charge in [-0.1, -0.05) is 42.0 Å². The van der Waals surface area contributed by atoms with Crippen LogP contribution in [-0.4, -0.2) is 30.1 Å². The first-order valence-electron chi connectivity index (χ1n) is 11.3. The first-order valence-corrected chi connectivity index (χ1v) is 11.7. The maximum absolute atomic E-state index is 12.9. The molecule has 174 valence electrons. The Morgan fingerprint density at radius 3 is 2.41 bits per heavy atom. The monoisotopic (exact) mass is 476 g/mol. The molecular weight excluding hydrogens is 452 g/mol. The van der Waals surface area contributed by atoms with Crippen LogP contribution < -0.4 is 9.47 Å². The second-order valence-corrected chi connectivity index (χ2v) is 9.29. The zero-order valence-electron chi connectivity index (χ0n) is 18.8. The van der Waals surface area contributed by atoms with Gasteiger partial charge in [-0.15, -0.1) is 6.58 Å². The van der Waals surface area contributed by atoms with E-state index in [4.69, 9.17) is 21.1 Å². The zero-order chi connectivity index (χ0) is 23.8. The molecule has 34 heavy (non-hydrogen) atoms. The van der Waals surface area contributed by atoms with Crippen molar-refractivity contribution in [1.82, 2.24) is 5.01 Å². The lowest BCUT2D eigenvalue weighted by Gasteiger charge is -2.16. The smallest absolute Gasteiger partial charge is 0.254 e. The maximum Gasteiger partial charge on any atom is 0.254 e. The van der Waals surface area contributed by atoms with Gasteiger partial charge in [-0.25, -0.2) is 0 Å². The van der Waals surface area contributed by atoms with Gasteiger partial charge in [0.25, 0.3) is 11.8 Å². The van der Waals surface area contributed by atoms with Crippen molar-refractivity contribution in [2.75, 3.05) is 7.11 Å². The molecule has 2 aromatic rings. The van der Waals surface area contributed by atoms with Gasteiger partial charge in [0.1, 0.15) is 6.61 Å². The number of amides is 2. The molecule has 7 heteroatoms. The largest absolute Gasteiger partial charge is 0.493 e. The Bertz CT molecular complexity index is 1170. The molecule has 2 amide bonds. The van der Waals surface area contributed by atoms with Crippen molar-refractivity contribution < 1.29 is 19.1 Å². The van der Waals surface area contributed by atoms with Crippen LogP contribution >= 0.6 is 11.6 Å². The van der Waals surface area contributed by atoms with Crippen LogP contribution in [0.25, 0.3) is 0 Å². The minimum Gasteiger partial charge on any atom is -0.493 e. The Hall–Kier alpha value is -3.38. The topological polar surface area (TPSA) is 68.2 Å². The highest BCUT2D eigenvalue weighted by molar-refractivity contribution is 6.30. The van der Waals surface area contributed by atoms with Crippen molar-refractivity contribution in [2.24, 2.45) is 28.8 Å². The molecule has 4 unspecified atom stereocenters. The Kier molecular flexibility index (Phi) is 6.00. The van der Waals surface area contributed by atoms with Crippen LogP contribution in [0.15, 0.2) is 66.3 Å². The SMILES string of the molecule is C=CCc1cc(C=NN2C(=O)C3C4C=CC(C4)C3C2=O)cc(OC)c1OCc1ccc(Cl)cc1. The molecule has 1 saturated carbocycles. The van der Waals surface area contributed by atoms with E-state index in [1.54, 1.807) is 19.3 Å². The fraction of sp³-hybridized carbons (Fsp3) is 0.296. The van der Waals surface area contributed by atoms with Gasteiger partial charge in [-0.3, -0.25) is 9.59 Å². The van der Waals surface area contributed by atoms with Crippen LogP contribution in [0.3, 0.4) is 0 Å². The average Bonchev–Trinajstić information content (AvgIpc) is 3.52. The lowest BCUT2D eigenvalue weighted by atomic mass is 9.85.